The van der Waals surface area contributed by atoms with Gasteiger partial charge >= 0.3 is 0 Å². The van der Waals surface area contributed by atoms with Crippen LogP contribution in [-0.2, 0) is 0 Å². The zero-order chi connectivity index (χ0) is 9.97. The van der Waals surface area contributed by atoms with E-state index in [-0.39, 0.29) is 0 Å². The molecule has 14 heavy (non-hydrogen) atoms. The monoisotopic (exact) mass is 227 g/mol. The Kier molecular flexibility index (Phi) is 2.66. The van der Waals surface area contributed by atoms with Gasteiger partial charge in [0.1, 0.15) is 0 Å². The highest BCUT2D eigenvalue weighted by Crippen LogP contribution is 2.26. The van der Waals surface area contributed by atoms with Gasteiger partial charge in [-0.25, -0.2) is 0 Å². The molecule has 1 aromatic carbocycles. The Morgan fingerprint density at radius 3 is 2.36 bits per heavy atom. The molecule has 2 aromatic rings. The van der Waals surface area contributed by atoms with Crippen molar-refractivity contribution in [2.45, 2.75) is 0 Å². The van der Waals surface area contributed by atoms with Crippen molar-refractivity contribution in [2.24, 2.45) is 0 Å². The number of aromatic nitrogens is 1. The summed E-state index contributed by atoms with van der Waals surface area (Å²) in [6.45, 7) is 0. The van der Waals surface area contributed by atoms with Gasteiger partial charge in [0.25, 0.3) is 0 Å². The smallest absolute Gasteiger partial charge is 0.157 e. The van der Waals surface area contributed by atoms with Gasteiger partial charge < -0.3 is 4.84 Å². The van der Waals surface area contributed by atoms with Crippen molar-refractivity contribution < 1.29 is 4.84 Å². The highest BCUT2D eigenvalue weighted by molar-refractivity contribution is 6.42. The highest BCUT2D eigenvalue weighted by atomic mass is 35.5. The van der Waals surface area contributed by atoms with Crippen LogP contribution in [0.4, 0.5) is 0 Å². The molecule has 2 nitrogen and oxygen atoms in total. The van der Waals surface area contributed by atoms with Crippen LogP contribution in [0, 0.1) is 0 Å². The van der Waals surface area contributed by atoms with E-state index >= 15 is 0 Å². The molecule has 0 atom stereocenters. The summed E-state index contributed by atoms with van der Waals surface area (Å²) in [6, 6.07) is 8.87. The lowest BCUT2D eigenvalue weighted by Crippen LogP contribution is -2.00. The molecule has 0 unspecified atom stereocenters. The minimum absolute atomic E-state index is 0.483. The second-order valence-electron chi connectivity index (χ2n) is 2.71. The van der Waals surface area contributed by atoms with Gasteiger partial charge in [-0.15, -0.1) is 0 Å². The average Bonchev–Trinajstić information content (AvgIpc) is 2.64. The summed E-state index contributed by atoms with van der Waals surface area (Å²) in [7, 11) is 0. The van der Waals surface area contributed by atoms with E-state index in [0.29, 0.717) is 15.8 Å². The Bertz CT molecular complexity index is 426. The summed E-state index contributed by atoms with van der Waals surface area (Å²) in [5.41, 5.74) is 0. The number of halogens is 2. The summed E-state index contributed by atoms with van der Waals surface area (Å²) >= 11 is 11.6. The number of hydrogen-bond donors (Lipinski definition) is 0. The highest BCUT2D eigenvalue weighted by Gasteiger charge is 2.00. The molecule has 0 saturated carbocycles. The van der Waals surface area contributed by atoms with E-state index in [1.807, 2.05) is 12.1 Å². The van der Waals surface area contributed by atoms with Gasteiger partial charge in [0, 0.05) is 18.5 Å². The third-order valence-corrected chi connectivity index (χ3v) is 2.42. The summed E-state index contributed by atoms with van der Waals surface area (Å²) in [4.78, 5) is 5.43. The van der Waals surface area contributed by atoms with Crippen LogP contribution < -0.4 is 4.84 Å². The van der Waals surface area contributed by atoms with Crippen molar-refractivity contribution in [3.05, 3.63) is 52.8 Å². The molecule has 0 radical (unpaired) electrons. The first-order chi connectivity index (χ1) is 6.75. The van der Waals surface area contributed by atoms with Gasteiger partial charge in [-0.2, -0.15) is 4.73 Å². The Morgan fingerprint density at radius 2 is 1.71 bits per heavy atom. The lowest BCUT2D eigenvalue weighted by molar-refractivity contribution is 0.217. The van der Waals surface area contributed by atoms with Crippen LogP contribution >= 0.6 is 23.2 Å². The zero-order valence-corrected chi connectivity index (χ0v) is 8.66. The van der Waals surface area contributed by atoms with Crippen molar-refractivity contribution in [1.29, 1.82) is 0 Å². The number of rotatable bonds is 2. The van der Waals surface area contributed by atoms with Gasteiger partial charge in [0.05, 0.1) is 10.0 Å². The third kappa shape index (κ3) is 2.03. The molecule has 0 spiro atoms. The Morgan fingerprint density at radius 1 is 1.00 bits per heavy atom. The van der Waals surface area contributed by atoms with Crippen LogP contribution in [0.25, 0.3) is 0 Å². The molecule has 0 aliphatic heterocycles. The molecule has 0 fully saturated rings. The average molecular weight is 228 g/mol. The Balaban J connectivity index is 2.22. The Hall–Kier alpha value is -1.12. The minimum atomic E-state index is 0.483. The van der Waals surface area contributed by atoms with Crippen molar-refractivity contribution in [3.63, 3.8) is 0 Å². The molecule has 0 bridgehead atoms. The van der Waals surface area contributed by atoms with Crippen LogP contribution in [0.2, 0.25) is 10.0 Å². The molecule has 1 heterocycles. The van der Waals surface area contributed by atoms with E-state index in [1.165, 1.54) is 0 Å². The first-order valence-corrected chi connectivity index (χ1v) is 4.78. The minimum Gasteiger partial charge on any atom is -0.376 e. The van der Waals surface area contributed by atoms with Gasteiger partial charge in [-0.05, 0) is 24.3 Å². The van der Waals surface area contributed by atoms with Crippen LogP contribution in [0.3, 0.4) is 0 Å². The second-order valence-corrected chi connectivity index (χ2v) is 3.52. The third-order valence-electron chi connectivity index (χ3n) is 1.68. The normalized spacial score (nSPS) is 10.1. The molecule has 2 rings (SSSR count). The Labute approximate surface area is 91.6 Å². The SMILES string of the molecule is Clc1ccc(On2cccc2)cc1Cl. The summed E-state index contributed by atoms with van der Waals surface area (Å²) in [5.74, 6) is 0.649. The lowest BCUT2D eigenvalue weighted by Gasteiger charge is -2.06. The van der Waals surface area contributed by atoms with Crippen LogP contribution in [0.15, 0.2) is 42.7 Å². The van der Waals surface area contributed by atoms with Crippen LogP contribution in [0.1, 0.15) is 0 Å². The molecule has 0 saturated heterocycles. The van der Waals surface area contributed by atoms with E-state index in [1.54, 1.807) is 35.3 Å². The van der Waals surface area contributed by atoms with Crippen LogP contribution in [0.5, 0.6) is 5.75 Å². The summed E-state index contributed by atoms with van der Waals surface area (Å²) < 4.78 is 1.58. The molecule has 0 N–H and O–H groups in total. The maximum Gasteiger partial charge on any atom is 0.157 e. The van der Waals surface area contributed by atoms with E-state index < -0.39 is 0 Å². The fourth-order valence-corrected chi connectivity index (χ4v) is 1.32. The maximum absolute atomic E-state index is 5.83. The molecule has 0 aliphatic carbocycles. The molecular weight excluding hydrogens is 221 g/mol. The van der Waals surface area contributed by atoms with E-state index in [4.69, 9.17) is 28.0 Å². The molecular formula is C10H7Cl2NO. The van der Waals surface area contributed by atoms with E-state index in [0.717, 1.165) is 0 Å². The topological polar surface area (TPSA) is 14.2 Å². The largest absolute Gasteiger partial charge is 0.376 e. The standard InChI is InChI=1S/C10H7Cl2NO/c11-9-4-3-8(7-10(9)12)14-13-5-1-2-6-13/h1-7H. The lowest BCUT2D eigenvalue weighted by atomic mass is 10.3. The van der Waals surface area contributed by atoms with Gasteiger partial charge in [-0.1, -0.05) is 23.2 Å². The predicted octanol–water partition coefficient (Wildman–Crippen LogP) is 3.64. The summed E-state index contributed by atoms with van der Waals surface area (Å²) in [5, 5.41) is 1.00. The fourth-order valence-electron chi connectivity index (χ4n) is 1.03. The molecule has 0 aliphatic rings. The molecule has 72 valence electrons. The van der Waals surface area contributed by atoms with Gasteiger partial charge in [0.2, 0.25) is 0 Å². The van der Waals surface area contributed by atoms with Crippen molar-refractivity contribution >= 4 is 23.2 Å². The number of hydrogen-bond acceptors (Lipinski definition) is 1. The molecule has 4 heteroatoms. The maximum atomic E-state index is 5.83. The number of nitrogens with zero attached hydrogens (tertiary/aromatic N) is 1. The van der Waals surface area contributed by atoms with E-state index in [2.05, 4.69) is 0 Å². The predicted molar refractivity (Wildman–Crippen MR) is 56.9 cm³/mol. The second kappa shape index (κ2) is 3.95. The zero-order valence-electron chi connectivity index (χ0n) is 7.15. The quantitative estimate of drug-likeness (QED) is 0.765. The number of benzene rings is 1. The van der Waals surface area contributed by atoms with Crippen molar-refractivity contribution in [2.75, 3.05) is 0 Å². The van der Waals surface area contributed by atoms with E-state index in [9.17, 15) is 0 Å². The fraction of sp³-hybridized carbons (Fsp3) is 0. The van der Waals surface area contributed by atoms with Gasteiger partial charge in [0.15, 0.2) is 5.75 Å². The van der Waals surface area contributed by atoms with Gasteiger partial charge in [-0.3, -0.25) is 0 Å². The van der Waals surface area contributed by atoms with Crippen LogP contribution in [-0.4, -0.2) is 4.73 Å². The van der Waals surface area contributed by atoms with Crippen molar-refractivity contribution in [1.82, 2.24) is 4.73 Å². The summed E-state index contributed by atoms with van der Waals surface area (Å²) in [6.07, 6.45) is 3.59. The molecule has 0 amide bonds. The first-order valence-electron chi connectivity index (χ1n) is 4.02. The van der Waals surface area contributed by atoms with Crippen molar-refractivity contribution in [3.8, 4) is 5.75 Å². The molecule has 1 aromatic heterocycles. The first kappa shape index (κ1) is 9.44.